The van der Waals surface area contributed by atoms with Crippen molar-refractivity contribution < 1.29 is 0 Å². The molecule has 3 aromatic rings. The molecule has 1 atom stereocenters. The maximum absolute atomic E-state index is 12.2. The summed E-state index contributed by atoms with van der Waals surface area (Å²) in [6.45, 7) is 2.63. The maximum Gasteiger partial charge on any atom is 0.252 e. The van der Waals surface area contributed by atoms with Gasteiger partial charge in [0, 0.05) is 17.3 Å². The monoisotopic (exact) mass is 336 g/mol. The SMILES string of the molecule is CC1=Nc2c(cnn2Cc2ccccc2)C(c2ccc[nH]c2=O)S1. The molecule has 6 heteroatoms. The molecule has 1 N–H and O–H groups in total. The van der Waals surface area contributed by atoms with Gasteiger partial charge < -0.3 is 4.98 Å². The van der Waals surface area contributed by atoms with E-state index in [2.05, 4.69) is 27.2 Å². The number of pyridine rings is 1. The number of aliphatic imine (C=N–C) groups is 1. The molecule has 4 rings (SSSR count). The van der Waals surface area contributed by atoms with Crippen LogP contribution in [0.3, 0.4) is 0 Å². The fourth-order valence-electron chi connectivity index (χ4n) is 2.85. The van der Waals surface area contributed by atoms with E-state index in [0.29, 0.717) is 6.54 Å². The van der Waals surface area contributed by atoms with Gasteiger partial charge in [0.25, 0.3) is 5.56 Å². The largest absolute Gasteiger partial charge is 0.329 e. The summed E-state index contributed by atoms with van der Waals surface area (Å²) in [6, 6.07) is 13.9. The van der Waals surface area contributed by atoms with Crippen LogP contribution in [0.15, 0.2) is 64.6 Å². The summed E-state index contributed by atoms with van der Waals surface area (Å²) in [6.07, 6.45) is 3.48. The van der Waals surface area contributed by atoms with Gasteiger partial charge in [0.2, 0.25) is 0 Å². The summed E-state index contributed by atoms with van der Waals surface area (Å²) in [5.74, 6) is 0.836. The molecule has 0 amide bonds. The molecule has 120 valence electrons. The predicted octanol–water partition coefficient (Wildman–Crippen LogP) is 3.51. The zero-order valence-corrected chi connectivity index (χ0v) is 14.0. The van der Waals surface area contributed by atoms with E-state index in [1.165, 1.54) is 5.56 Å². The van der Waals surface area contributed by atoms with Crippen LogP contribution in [0.2, 0.25) is 0 Å². The Morgan fingerprint density at radius 2 is 2.00 bits per heavy atom. The smallest absolute Gasteiger partial charge is 0.252 e. The van der Waals surface area contributed by atoms with E-state index in [1.807, 2.05) is 48.1 Å². The van der Waals surface area contributed by atoms with E-state index in [0.717, 1.165) is 22.0 Å². The topological polar surface area (TPSA) is 63.0 Å². The zero-order valence-electron chi connectivity index (χ0n) is 13.1. The Morgan fingerprint density at radius 1 is 1.17 bits per heavy atom. The van der Waals surface area contributed by atoms with Gasteiger partial charge in [-0.2, -0.15) is 5.10 Å². The number of hydrogen-bond acceptors (Lipinski definition) is 4. The van der Waals surface area contributed by atoms with Gasteiger partial charge in [-0.15, -0.1) is 0 Å². The molecule has 1 aliphatic heterocycles. The second-order valence-corrected chi connectivity index (χ2v) is 6.95. The molecular formula is C18H16N4OS. The van der Waals surface area contributed by atoms with Crippen LogP contribution in [0.4, 0.5) is 5.82 Å². The summed E-state index contributed by atoms with van der Waals surface area (Å²) in [4.78, 5) is 19.6. The van der Waals surface area contributed by atoms with Gasteiger partial charge in [-0.25, -0.2) is 9.67 Å². The first-order valence-electron chi connectivity index (χ1n) is 7.71. The number of hydrogen-bond donors (Lipinski definition) is 1. The molecule has 0 saturated carbocycles. The van der Waals surface area contributed by atoms with Crippen molar-refractivity contribution in [2.75, 3.05) is 0 Å². The number of rotatable bonds is 3. The van der Waals surface area contributed by atoms with Crippen molar-refractivity contribution in [2.45, 2.75) is 18.7 Å². The number of nitrogens with zero attached hydrogens (tertiary/aromatic N) is 3. The highest BCUT2D eigenvalue weighted by molar-refractivity contribution is 8.14. The molecule has 0 radical (unpaired) electrons. The lowest BCUT2D eigenvalue weighted by atomic mass is 10.1. The third-order valence-electron chi connectivity index (χ3n) is 3.98. The van der Waals surface area contributed by atoms with Gasteiger partial charge in [-0.05, 0) is 18.6 Å². The average Bonchev–Trinajstić information content (AvgIpc) is 2.98. The van der Waals surface area contributed by atoms with E-state index in [1.54, 1.807) is 18.0 Å². The molecule has 0 spiro atoms. The van der Waals surface area contributed by atoms with Crippen molar-refractivity contribution in [3.8, 4) is 0 Å². The van der Waals surface area contributed by atoms with Crippen LogP contribution < -0.4 is 5.56 Å². The lowest BCUT2D eigenvalue weighted by Gasteiger charge is -2.20. The van der Waals surface area contributed by atoms with Crippen molar-refractivity contribution in [1.82, 2.24) is 14.8 Å². The Hall–Kier alpha value is -2.60. The van der Waals surface area contributed by atoms with Gasteiger partial charge in [0.05, 0.1) is 23.0 Å². The van der Waals surface area contributed by atoms with E-state index < -0.39 is 0 Å². The summed E-state index contributed by atoms with van der Waals surface area (Å²) in [5.41, 5.74) is 2.82. The lowest BCUT2D eigenvalue weighted by molar-refractivity contribution is 0.690. The van der Waals surface area contributed by atoms with Crippen LogP contribution in [0.1, 0.15) is 28.9 Å². The van der Waals surface area contributed by atoms with Gasteiger partial charge in [0.1, 0.15) is 0 Å². The average molecular weight is 336 g/mol. The number of aromatic amines is 1. The molecule has 0 bridgehead atoms. The van der Waals surface area contributed by atoms with Crippen LogP contribution in [-0.2, 0) is 6.54 Å². The Labute approximate surface area is 143 Å². The number of H-pyrrole nitrogens is 1. The van der Waals surface area contributed by atoms with Crippen LogP contribution in [0.5, 0.6) is 0 Å². The zero-order chi connectivity index (χ0) is 16.5. The van der Waals surface area contributed by atoms with Crippen molar-refractivity contribution in [2.24, 2.45) is 4.99 Å². The highest BCUT2D eigenvalue weighted by Gasteiger charge is 2.28. The normalized spacial score (nSPS) is 16.5. The second-order valence-electron chi connectivity index (χ2n) is 5.65. The van der Waals surface area contributed by atoms with E-state index >= 15 is 0 Å². The summed E-state index contributed by atoms with van der Waals surface area (Å²) < 4.78 is 1.90. The molecule has 1 unspecified atom stereocenters. The maximum atomic E-state index is 12.2. The number of fused-ring (bicyclic) bond motifs is 1. The van der Waals surface area contributed by atoms with E-state index in [9.17, 15) is 4.79 Å². The van der Waals surface area contributed by atoms with Gasteiger partial charge in [0.15, 0.2) is 5.82 Å². The minimum absolute atomic E-state index is 0.0635. The Balaban J connectivity index is 1.77. The number of aromatic nitrogens is 3. The van der Waals surface area contributed by atoms with Crippen LogP contribution in [-0.4, -0.2) is 19.8 Å². The standard InChI is InChI=1S/C18H16N4OS/c1-12-21-17-15(16(24-12)14-8-5-9-19-18(14)23)10-20-22(17)11-13-6-3-2-4-7-13/h2-10,16H,11H2,1H3,(H,19,23). The minimum atomic E-state index is -0.0769. The first-order chi connectivity index (χ1) is 11.7. The van der Waals surface area contributed by atoms with Crippen LogP contribution in [0.25, 0.3) is 0 Å². The summed E-state index contributed by atoms with van der Waals surface area (Å²) >= 11 is 1.59. The summed E-state index contributed by atoms with van der Waals surface area (Å²) in [5, 5.41) is 5.38. The minimum Gasteiger partial charge on any atom is -0.329 e. The van der Waals surface area contributed by atoms with Crippen LogP contribution in [0, 0.1) is 0 Å². The lowest BCUT2D eigenvalue weighted by Crippen LogP contribution is -2.17. The molecular weight excluding hydrogens is 320 g/mol. The molecule has 2 aromatic heterocycles. The van der Waals surface area contributed by atoms with Crippen molar-refractivity contribution in [3.63, 3.8) is 0 Å². The molecule has 0 fully saturated rings. The van der Waals surface area contributed by atoms with Gasteiger partial charge >= 0.3 is 0 Å². The molecule has 0 saturated heterocycles. The van der Waals surface area contributed by atoms with Crippen molar-refractivity contribution in [3.05, 3.63) is 81.9 Å². The highest BCUT2D eigenvalue weighted by Crippen LogP contribution is 2.44. The molecule has 0 aliphatic carbocycles. The van der Waals surface area contributed by atoms with Crippen molar-refractivity contribution in [1.29, 1.82) is 0 Å². The second kappa shape index (κ2) is 6.13. The fourth-order valence-corrected chi connectivity index (χ4v) is 3.94. The Kier molecular flexibility index (Phi) is 3.82. The van der Waals surface area contributed by atoms with Crippen molar-refractivity contribution >= 4 is 22.6 Å². The first kappa shape index (κ1) is 15.0. The molecule has 24 heavy (non-hydrogen) atoms. The first-order valence-corrected chi connectivity index (χ1v) is 8.59. The van der Waals surface area contributed by atoms with Gasteiger partial charge in [-0.3, -0.25) is 4.79 Å². The third kappa shape index (κ3) is 2.69. The quantitative estimate of drug-likeness (QED) is 0.796. The number of benzene rings is 1. The van der Waals surface area contributed by atoms with Crippen LogP contribution >= 0.6 is 11.8 Å². The highest BCUT2D eigenvalue weighted by atomic mass is 32.2. The molecule has 1 aromatic carbocycles. The Bertz CT molecular complexity index is 958. The predicted molar refractivity (Wildman–Crippen MR) is 97.0 cm³/mol. The van der Waals surface area contributed by atoms with Gasteiger partial charge in [-0.1, -0.05) is 48.2 Å². The van der Waals surface area contributed by atoms with E-state index in [4.69, 9.17) is 0 Å². The molecule has 5 nitrogen and oxygen atoms in total. The summed E-state index contributed by atoms with van der Waals surface area (Å²) in [7, 11) is 0. The third-order valence-corrected chi connectivity index (χ3v) is 5.16. The molecule has 1 aliphatic rings. The number of nitrogens with one attached hydrogen (secondary N) is 1. The fraction of sp³-hybridized carbons (Fsp3) is 0.167. The molecule has 3 heterocycles. The Morgan fingerprint density at radius 3 is 2.79 bits per heavy atom. The van der Waals surface area contributed by atoms with E-state index in [-0.39, 0.29) is 10.8 Å². The number of thioether (sulfide) groups is 1.